The van der Waals surface area contributed by atoms with E-state index in [9.17, 15) is 4.79 Å². The minimum atomic E-state index is 0.255. The number of rotatable bonds is 5. The van der Waals surface area contributed by atoms with Crippen molar-refractivity contribution in [3.63, 3.8) is 0 Å². The molecule has 4 heteroatoms. The Kier molecular flexibility index (Phi) is 7.31. The Bertz CT molecular complexity index is 757. The summed E-state index contributed by atoms with van der Waals surface area (Å²) >= 11 is 3.85. The molecule has 0 aliphatic carbocycles. The Balaban J connectivity index is 1.57. The normalized spacial score (nSPS) is 17.8. The zero-order valence-corrected chi connectivity index (χ0v) is 18.1. The number of carbonyl (C=O) groups excluding carboxylic acids is 1. The van der Waals surface area contributed by atoms with Gasteiger partial charge in [0.15, 0.2) is 0 Å². The molecule has 0 spiro atoms. The first-order valence-corrected chi connectivity index (χ1v) is 11.7. The van der Waals surface area contributed by atoms with Crippen molar-refractivity contribution in [1.82, 2.24) is 4.90 Å². The predicted molar refractivity (Wildman–Crippen MR) is 119 cm³/mol. The lowest BCUT2D eigenvalue weighted by atomic mass is 10.0. The summed E-state index contributed by atoms with van der Waals surface area (Å²) in [5, 5.41) is 1.07. The lowest BCUT2D eigenvalue weighted by molar-refractivity contribution is -0.130. The van der Waals surface area contributed by atoms with Crippen molar-refractivity contribution >= 4 is 29.4 Å². The number of hydrogen-bond donors (Lipinski definition) is 0. The molecule has 0 radical (unpaired) electrons. The second-order valence-electron chi connectivity index (χ2n) is 7.37. The van der Waals surface area contributed by atoms with Crippen LogP contribution >= 0.6 is 23.5 Å². The monoisotopic (exact) mass is 399 g/mol. The molecule has 0 N–H and O–H groups in total. The van der Waals surface area contributed by atoms with Crippen LogP contribution in [0.2, 0.25) is 0 Å². The summed E-state index contributed by atoms with van der Waals surface area (Å²) in [6.45, 7) is 8.29. The molecule has 2 nitrogen and oxygen atoms in total. The Hall–Kier alpha value is -1.39. The van der Waals surface area contributed by atoms with Crippen molar-refractivity contribution in [1.29, 1.82) is 0 Å². The number of amides is 1. The average Bonchev–Trinajstić information content (AvgIpc) is 2.89. The molecule has 1 heterocycles. The number of carbonyl (C=O) groups is 1. The Morgan fingerprint density at radius 2 is 1.89 bits per heavy atom. The van der Waals surface area contributed by atoms with Crippen molar-refractivity contribution in [2.24, 2.45) is 0 Å². The molecule has 3 rings (SSSR count). The minimum Gasteiger partial charge on any atom is -0.342 e. The van der Waals surface area contributed by atoms with Gasteiger partial charge in [-0.1, -0.05) is 50.2 Å². The van der Waals surface area contributed by atoms with Crippen LogP contribution in [0, 0.1) is 6.92 Å². The predicted octanol–water partition coefficient (Wildman–Crippen LogP) is 5.74. The van der Waals surface area contributed by atoms with Crippen LogP contribution in [0.4, 0.5) is 0 Å². The molecule has 2 aromatic carbocycles. The van der Waals surface area contributed by atoms with E-state index < -0.39 is 0 Å². The van der Waals surface area contributed by atoms with Gasteiger partial charge in [-0.15, -0.1) is 11.8 Å². The van der Waals surface area contributed by atoms with Gasteiger partial charge in [0.25, 0.3) is 0 Å². The molecule has 1 saturated heterocycles. The van der Waals surface area contributed by atoms with Crippen molar-refractivity contribution in [3.8, 4) is 0 Å². The van der Waals surface area contributed by atoms with E-state index in [1.165, 1.54) is 16.0 Å². The van der Waals surface area contributed by atoms with Gasteiger partial charge in [-0.25, -0.2) is 0 Å². The van der Waals surface area contributed by atoms with E-state index in [0.717, 1.165) is 30.8 Å². The first kappa shape index (κ1) is 20.3. The van der Waals surface area contributed by atoms with Crippen LogP contribution in [-0.4, -0.2) is 34.9 Å². The van der Waals surface area contributed by atoms with Crippen molar-refractivity contribution in [2.75, 3.05) is 18.8 Å². The van der Waals surface area contributed by atoms with Crippen LogP contribution in [0.3, 0.4) is 0 Å². The van der Waals surface area contributed by atoms with E-state index in [1.54, 1.807) is 0 Å². The van der Waals surface area contributed by atoms with Crippen LogP contribution in [0.5, 0.6) is 0 Å². The number of benzene rings is 2. The molecule has 1 fully saturated rings. The standard InChI is InChI=1S/C23H29NOS2/c1-17(2)27-20-10-8-19(9-11-20)16-23(25)24-13-12-22(26-15-14-24)21-7-5-4-6-18(21)3/h4-11,17,22H,12-16H2,1-3H3. The quantitative estimate of drug-likeness (QED) is 0.598. The SMILES string of the molecule is Cc1ccccc1C1CCN(C(=O)Cc2ccc(SC(C)C)cc2)CCS1. The molecule has 0 bridgehead atoms. The van der Waals surface area contributed by atoms with Gasteiger partial charge in [0, 0.05) is 34.2 Å². The summed E-state index contributed by atoms with van der Waals surface area (Å²) in [4.78, 5) is 16.1. The molecular weight excluding hydrogens is 370 g/mol. The fourth-order valence-electron chi connectivity index (χ4n) is 3.46. The van der Waals surface area contributed by atoms with Crippen molar-refractivity contribution in [2.45, 2.75) is 49.0 Å². The highest BCUT2D eigenvalue weighted by atomic mass is 32.2. The summed E-state index contributed by atoms with van der Waals surface area (Å²) in [6, 6.07) is 17.1. The summed E-state index contributed by atoms with van der Waals surface area (Å²) in [6.07, 6.45) is 1.54. The third-order valence-electron chi connectivity index (χ3n) is 4.88. The van der Waals surface area contributed by atoms with Gasteiger partial charge in [-0.05, 0) is 42.2 Å². The number of nitrogens with zero attached hydrogens (tertiary/aromatic N) is 1. The third-order valence-corrected chi connectivity index (χ3v) is 7.21. The zero-order valence-electron chi connectivity index (χ0n) is 16.5. The smallest absolute Gasteiger partial charge is 0.227 e. The fourth-order valence-corrected chi connectivity index (χ4v) is 5.62. The van der Waals surface area contributed by atoms with Gasteiger partial charge < -0.3 is 4.90 Å². The third kappa shape index (κ3) is 5.79. The van der Waals surface area contributed by atoms with Gasteiger partial charge in [-0.3, -0.25) is 4.79 Å². The van der Waals surface area contributed by atoms with E-state index in [2.05, 4.69) is 74.2 Å². The van der Waals surface area contributed by atoms with Crippen molar-refractivity contribution < 1.29 is 4.79 Å². The van der Waals surface area contributed by atoms with Gasteiger partial charge in [0.1, 0.15) is 0 Å². The lowest BCUT2D eigenvalue weighted by Crippen LogP contribution is -2.34. The Labute approximate surface area is 172 Å². The molecule has 1 atom stereocenters. The zero-order chi connectivity index (χ0) is 19.2. The first-order valence-electron chi connectivity index (χ1n) is 9.73. The molecule has 1 unspecified atom stereocenters. The number of aryl methyl sites for hydroxylation is 1. The van der Waals surface area contributed by atoms with E-state index in [1.807, 2.05) is 23.5 Å². The van der Waals surface area contributed by atoms with Crippen LogP contribution < -0.4 is 0 Å². The second kappa shape index (κ2) is 9.70. The van der Waals surface area contributed by atoms with E-state index in [4.69, 9.17) is 0 Å². The maximum atomic E-state index is 12.8. The molecule has 0 aromatic heterocycles. The van der Waals surface area contributed by atoms with Gasteiger partial charge in [-0.2, -0.15) is 11.8 Å². The van der Waals surface area contributed by atoms with Gasteiger partial charge in [0.05, 0.1) is 6.42 Å². The highest BCUT2D eigenvalue weighted by molar-refractivity contribution is 8.00. The number of thioether (sulfide) groups is 2. The Morgan fingerprint density at radius 3 is 2.59 bits per heavy atom. The van der Waals surface area contributed by atoms with Crippen LogP contribution in [0.15, 0.2) is 53.4 Å². The highest BCUT2D eigenvalue weighted by Gasteiger charge is 2.22. The highest BCUT2D eigenvalue weighted by Crippen LogP contribution is 2.36. The van der Waals surface area contributed by atoms with E-state index >= 15 is 0 Å². The molecule has 0 saturated carbocycles. The Morgan fingerprint density at radius 1 is 1.15 bits per heavy atom. The summed E-state index contributed by atoms with van der Waals surface area (Å²) in [5.74, 6) is 1.26. The van der Waals surface area contributed by atoms with Crippen LogP contribution in [0.25, 0.3) is 0 Å². The summed E-state index contributed by atoms with van der Waals surface area (Å²) in [7, 11) is 0. The molecule has 27 heavy (non-hydrogen) atoms. The molecule has 1 aliphatic heterocycles. The van der Waals surface area contributed by atoms with Gasteiger partial charge >= 0.3 is 0 Å². The van der Waals surface area contributed by atoms with Crippen LogP contribution in [-0.2, 0) is 11.2 Å². The molecule has 1 aliphatic rings. The molecule has 2 aromatic rings. The average molecular weight is 400 g/mol. The number of hydrogen-bond acceptors (Lipinski definition) is 3. The largest absolute Gasteiger partial charge is 0.342 e. The lowest BCUT2D eigenvalue weighted by Gasteiger charge is -2.21. The maximum absolute atomic E-state index is 12.8. The molecule has 1 amide bonds. The van der Waals surface area contributed by atoms with E-state index in [-0.39, 0.29) is 5.91 Å². The minimum absolute atomic E-state index is 0.255. The van der Waals surface area contributed by atoms with E-state index in [0.29, 0.717) is 16.9 Å². The maximum Gasteiger partial charge on any atom is 0.227 e. The fraction of sp³-hybridized carbons (Fsp3) is 0.435. The first-order chi connectivity index (χ1) is 13.0. The topological polar surface area (TPSA) is 20.3 Å². The summed E-state index contributed by atoms with van der Waals surface area (Å²) in [5.41, 5.74) is 3.89. The molecular formula is C23H29NOS2. The second-order valence-corrected chi connectivity index (χ2v) is 10.3. The van der Waals surface area contributed by atoms with Crippen molar-refractivity contribution in [3.05, 3.63) is 65.2 Å². The molecule has 144 valence electrons. The van der Waals surface area contributed by atoms with Gasteiger partial charge in [0.2, 0.25) is 5.91 Å². The summed E-state index contributed by atoms with van der Waals surface area (Å²) < 4.78 is 0. The van der Waals surface area contributed by atoms with Crippen LogP contribution in [0.1, 0.15) is 42.2 Å².